The smallest absolute Gasteiger partial charge is 0.210 e. The minimum Gasteiger partial charge on any atom is -0.210 e. The van der Waals surface area contributed by atoms with Crippen molar-refractivity contribution in [1.29, 1.82) is 0 Å². The van der Waals surface area contributed by atoms with Crippen LogP contribution in [0.3, 0.4) is 0 Å². The zero-order valence-corrected chi connectivity index (χ0v) is 8.38. The van der Waals surface area contributed by atoms with Gasteiger partial charge in [-0.05, 0) is 31.6 Å². The highest BCUT2D eigenvalue weighted by atomic mass is 32.2. The maximum absolute atomic E-state index is 11.3. The second kappa shape index (κ2) is 4.03. The molecule has 1 rings (SSSR count). The molecule has 4 nitrogen and oxygen atoms in total. The van der Waals surface area contributed by atoms with Crippen molar-refractivity contribution in [1.82, 2.24) is 0 Å². The Balaban J connectivity index is 2.69. The van der Waals surface area contributed by atoms with Crippen molar-refractivity contribution < 1.29 is 13.2 Å². The van der Waals surface area contributed by atoms with Crippen molar-refractivity contribution in [2.75, 3.05) is 0 Å². The normalized spacial score (nSPS) is 29.3. The lowest BCUT2D eigenvalue weighted by molar-refractivity contribution is 0.382. The van der Waals surface area contributed by atoms with Gasteiger partial charge in [-0.15, -0.1) is 0 Å². The van der Waals surface area contributed by atoms with Crippen LogP contribution in [-0.2, 0) is 14.8 Å². The van der Waals surface area contributed by atoms with E-state index in [0.29, 0.717) is 18.8 Å². The van der Waals surface area contributed by atoms with E-state index in [9.17, 15) is 13.2 Å². The Kier molecular flexibility index (Phi) is 3.22. The number of hydrogen-bond donors (Lipinski definition) is 0. The maximum atomic E-state index is 11.3. The predicted molar refractivity (Wildman–Crippen MR) is 48.5 cm³/mol. The van der Waals surface area contributed by atoms with Crippen LogP contribution in [-0.4, -0.2) is 19.7 Å². The topological polar surface area (TPSA) is 63.6 Å². The van der Waals surface area contributed by atoms with Crippen molar-refractivity contribution >= 4 is 16.1 Å². The van der Waals surface area contributed by atoms with Crippen LogP contribution < -0.4 is 0 Å². The van der Waals surface area contributed by atoms with Gasteiger partial charge in [-0.25, -0.2) is 13.2 Å². The van der Waals surface area contributed by atoms with Gasteiger partial charge in [-0.2, -0.15) is 0 Å². The number of nitrogens with zero attached hydrogens (tertiary/aromatic N) is 1. The van der Waals surface area contributed by atoms with E-state index >= 15 is 0 Å². The average molecular weight is 203 g/mol. The summed E-state index contributed by atoms with van der Waals surface area (Å²) in [6.07, 6.45) is 4.15. The highest BCUT2D eigenvalue weighted by Crippen LogP contribution is 2.28. The van der Waals surface area contributed by atoms with Crippen molar-refractivity contribution in [3.63, 3.8) is 0 Å². The monoisotopic (exact) mass is 203 g/mol. The first-order valence-corrected chi connectivity index (χ1v) is 5.89. The molecule has 1 saturated carbocycles. The average Bonchev–Trinajstić information content (AvgIpc) is 2.05. The molecule has 0 heterocycles. The van der Waals surface area contributed by atoms with Gasteiger partial charge in [0.15, 0.2) is 0 Å². The third-order valence-corrected chi connectivity index (χ3v) is 4.19. The first kappa shape index (κ1) is 10.4. The van der Waals surface area contributed by atoms with Gasteiger partial charge in [0.2, 0.25) is 0 Å². The van der Waals surface area contributed by atoms with Crippen LogP contribution in [0, 0.1) is 5.92 Å². The van der Waals surface area contributed by atoms with E-state index in [4.69, 9.17) is 0 Å². The minimum absolute atomic E-state index is 0.454. The lowest BCUT2D eigenvalue weighted by atomic mass is 9.91. The molecule has 1 aliphatic carbocycles. The summed E-state index contributed by atoms with van der Waals surface area (Å²) in [7, 11) is -3.56. The van der Waals surface area contributed by atoms with E-state index < -0.39 is 15.3 Å². The SMILES string of the molecule is CC1CCC(S(=O)(=O)N=C=O)CC1. The summed E-state index contributed by atoms with van der Waals surface area (Å²) in [5.74, 6) is 0.590. The Morgan fingerprint density at radius 2 is 1.77 bits per heavy atom. The second-order valence-corrected chi connectivity index (χ2v) is 5.46. The molecule has 0 spiro atoms. The van der Waals surface area contributed by atoms with Gasteiger partial charge in [-0.3, -0.25) is 0 Å². The summed E-state index contributed by atoms with van der Waals surface area (Å²) in [6, 6.07) is 0. The van der Waals surface area contributed by atoms with E-state index in [1.165, 1.54) is 0 Å². The van der Waals surface area contributed by atoms with Crippen molar-refractivity contribution in [2.45, 2.75) is 37.9 Å². The van der Waals surface area contributed by atoms with Gasteiger partial charge in [0.1, 0.15) is 0 Å². The molecular weight excluding hydrogens is 190 g/mol. The third-order valence-electron chi connectivity index (χ3n) is 2.55. The van der Waals surface area contributed by atoms with Gasteiger partial charge in [0.05, 0.1) is 5.25 Å². The molecule has 0 aromatic heterocycles. The second-order valence-electron chi connectivity index (χ2n) is 3.58. The minimum atomic E-state index is -3.56. The number of sulfonamides is 1. The molecule has 0 saturated heterocycles. The zero-order chi connectivity index (χ0) is 9.90. The molecule has 0 bridgehead atoms. The van der Waals surface area contributed by atoms with E-state index in [1.54, 1.807) is 0 Å². The Bertz CT molecular complexity index is 308. The van der Waals surface area contributed by atoms with Gasteiger partial charge >= 0.3 is 0 Å². The quantitative estimate of drug-likeness (QED) is 0.501. The Hall–Kier alpha value is -0.670. The number of isocyanates is 1. The highest BCUT2D eigenvalue weighted by molar-refractivity contribution is 7.90. The summed E-state index contributed by atoms with van der Waals surface area (Å²) >= 11 is 0. The van der Waals surface area contributed by atoms with Crippen LogP contribution in [0.15, 0.2) is 4.40 Å². The summed E-state index contributed by atoms with van der Waals surface area (Å²) in [5, 5.41) is -0.454. The van der Waals surface area contributed by atoms with Crippen LogP contribution >= 0.6 is 0 Å². The van der Waals surface area contributed by atoms with Crippen LogP contribution in [0.2, 0.25) is 0 Å². The highest BCUT2D eigenvalue weighted by Gasteiger charge is 2.28. The summed E-state index contributed by atoms with van der Waals surface area (Å²) in [6.45, 7) is 2.10. The van der Waals surface area contributed by atoms with Crippen LogP contribution in [0.4, 0.5) is 0 Å². The molecule has 0 radical (unpaired) electrons. The Labute approximate surface area is 78.1 Å². The van der Waals surface area contributed by atoms with Crippen LogP contribution in [0.1, 0.15) is 32.6 Å². The maximum Gasteiger partial charge on any atom is 0.266 e. The summed E-state index contributed by atoms with van der Waals surface area (Å²) in [5.41, 5.74) is 0. The fourth-order valence-corrected chi connectivity index (χ4v) is 2.77. The van der Waals surface area contributed by atoms with Gasteiger partial charge in [0.25, 0.3) is 16.1 Å². The van der Waals surface area contributed by atoms with E-state index in [0.717, 1.165) is 18.9 Å². The predicted octanol–water partition coefficient (Wildman–Crippen LogP) is 1.23. The van der Waals surface area contributed by atoms with E-state index in [-0.39, 0.29) is 0 Å². The molecule has 0 N–H and O–H groups in total. The Morgan fingerprint density at radius 3 is 2.23 bits per heavy atom. The lowest BCUT2D eigenvalue weighted by Gasteiger charge is -2.23. The molecule has 74 valence electrons. The largest absolute Gasteiger partial charge is 0.266 e. The molecular formula is C8H13NO3S. The number of carbonyl (C=O) groups excluding carboxylic acids is 1. The van der Waals surface area contributed by atoms with Gasteiger partial charge in [-0.1, -0.05) is 11.3 Å². The molecule has 1 aliphatic rings. The summed E-state index contributed by atoms with van der Waals surface area (Å²) in [4.78, 5) is 9.86. The number of rotatable bonds is 2. The number of hydrogen-bond acceptors (Lipinski definition) is 3. The van der Waals surface area contributed by atoms with Crippen LogP contribution in [0.5, 0.6) is 0 Å². The first-order chi connectivity index (χ1) is 6.06. The van der Waals surface area contributed by atoms with E-state index in [1.807, 2.05) is 0 Å². The fourth-order valence-electron chi connectivity index (χ4n) is 1.65. The van der Waals surface area contributed by atoms with Crippen molar-refractivity contribution in [3.8, 4) is 0 Å². The van der Waals surface area contributed by atoms with Crippen LogP contribution in [0.25, 0.3) is 0 Å². The lowest BCUT2D eigenvalue weighted by Crippen LogP contribution is -2.24. The fraction of sp³-hybridized carbons (Fsp3) is 0.875. The molecule has 0 unspecified atom stereocenters. The third kappa shape index (κ3) is 2.64. The van der Waals surface area contributed by atoms with Gasteiger partial charge in [0, 0.05) is 0 Å². The van der Waals surface area contributed by atoms with E-state index in [2.05, 4.69) is 11.3 Å². The first-order valence-electron chi connectivity index (χ1n) is 4.39. The molecule has 0 aliphatic heterocycles. The molecule has 5 heteroatoms. The Morgan fingerprint density at radius 1 is 1.23 bits per heavy atom. The zero-order valence-electron chi connectivity index (χ0n) is 7.56. The molecule has 0 aromatic rings. The van der Waals surface area contributed by atoms with Crippen molar-refractivity contribution in [3.05, 3.63) is 0 Å². The molecule has 0 aromatic carbocycles. The molecule has 0 atom stereocenters. The summed E-state index contributed by atoms with van der Waals surface area (Å²) < 4.78 is 25.4. The molecule has 13 heavy (non-hydrogen) atoms. The van der Waals surface area contributed by atoms with Crippen molar-refractivity contribution in [2.24, 2.45) is 10.3 Å². The molecule has 1 fully saturated rings. The standard InChI is InChI=1S/C8H13NO3S/c1-7-2-4-8(5-3-7)13(11,12)9-6-10/h7-8H,2-5H2,1H3. The molecule has 0 amide bonds. The van der Waals surface area contributed by atoms with Gasteiger partial charge < -0.3 is 0 Å².